The first-order valence-corrected chi connectivity index (χ1v) is 8.41. The van der Waals surface area contributed by atoms with Gasteiger partial charge in [0, 0.05) is 5.92 Å². The highest BCUT2D eigenvalue weighted by Gasteiger charge is 2.51. The molecule has 3 atom stereocenters. The molecule has 1 fully saturated rings. The molecule has 1 N–H and O–H groups in total. The van der Waals surface area contributed by atoms with E-state index < -0.39 is 11.1 Å². The average Bonchev–Trinajstić information content (AvgIpc) is 2.50. The minimum atomic E-state index is -0.949. The monoisotopic (exact) mass is 332 g/mol. The average molecular weight is 332 g/mol. The summed E-state index contributed by atoms with van der Waals surface area (Å²) in [7, 11) is 0. The summed E-state index contributed by atoms with van der Waals surface area (Å²) in [6.45, 7) is 11.5. The quantitative estimate of drug-likeness (QED) is 0.865. The second kappa shape index (κ2) is 6.55. The zero-order chi connectivity index (χ0) is 18.1. The molecule has 1 heterocycles. The topological polar surface area (TPSA) is 58.6 Å². The maximum atomic E-state index is 12.8. The lowest BCUT2D eigenvalue weighted by Gasteiger charge is -2.47. The molecular weight excluding hydrogens is 304 g/mol. The number of amides is 1. The smallest absolute Gasteiger partial charge is 0.328 e. The van der Waals surface area contributed by atoms with E-state index in [2.05, 4.69) is 5.43 Å². The van der Waals surface area contributed by atoms with Gasteiger partial charge in [-0.1, -0.05) is 44.2 Å². The Morgan fingerprint density at radius 1 is 1.25 bits per heavy atom. The fourth-order valence-corrected chi connectivity index (χ4v) is 2.90. The number of carbonyl (C=O) groups is 2. The fraction of sp³-hybridized carbons (Fsp3) is 0.579. The van der Waals surface area contributed by atoms with Gasteiger partial charge in [0.25, 0.3) is 0 Å². The molecule has 1 aliphatic rings. The fourth-order valence-electron chi connectivity index (χ4n) is 2.90. The molecule has 0 aromatic heterocycles. The Balaban J connectivity index is 2.25. The lowest BCUT2D eigenvalue weighted by Crippen LogP contribution is -2.69. The number of nitrogens with zero attached hydrogens (tertiary/aromatic N) is 1. The number of benzene rings is 1. The summed E-state index contributed by atoms with van der Waals surface area (Å²) in [6.07, 6.45) is 0. The van der Waals surface area contributed by atoms with Crippen molar-refractivity contribution >= 4 is 11.9 Å². The van der Waals surface area contributed by atoms with Crippen LogP contribution in [0.5, 0.6) is 0 Å². The first-order valence-electron chi connectivity index (χ1n) is 8.41. The molecule has 0 aliphatic carbocycles. The van der Waals surface area contributed by atoms with Crippen molar-refractivity contribution in [3.8, 4) is 0 Å². The van der Waals surface area contributed by atoms with Crippen LogP contribution in [-0.4, -0.2) is 28.0 Å². The molecule has 0 unspecified atom stereocenters. The second-order valence-corrected chi connectivity index (χ2v) is 7.80. The van der Waals surface area contributed by atoms with Gasteiger partial charge < -0.3 is 4.74 Å². The maximum absolute atomic E-state index is 12.8. The van der Waals surface area contributed by atoms with Crippen molar-refractivity contribution in [2.45, 2.75) is 59.2 Å². The number of hydrogen-bond acceptors (Lipinski definition) is 4. The summed E-state index contributed by atoms with van der Waals surface area (Å²) in [5.41, 5.74) is 2.62. The van der Waals surface area contributed by atoms with E-state index in [0.717, 1.165) is 5.56 Å². The van der Waals surface area contributed by atoms with Crippen LogP contribution in [0.3, 0.4) is 0 Å². The molecule has 5 heteroatoms. The van der Waals surface area contributed by atoms with Crippen LogP contribution in [0.15, 0.2) is 30.3 Å². The van der Waals surface area contributed by atoms with E-state index in [0.29, 0.717) is 6.54 Å². The van der Waals surface area contributed by atoms with Crippen LogP contribution >= 0.6 is 0 Å². The molecule has 1 aromatic carbocycles. The number of nitrogens with one attached hydrogen (secondary N) is 1. The van der Waals surface area contributed by atoms with Gasteiger partial charge >= 0.3 is 5.97 Å². The first kappa shape index (κ1) is 18.5. The molecule has 1 aromatic rings. The molecule has 132 valence electrons. The molecular formula is C19H28N2O3. The normalized spacial score (nSPS) is 27.9. The van der Waals surface area contributed by atoms with Gasteiger partial charge in [-0.15, -0.1) is 0 Å². The third-order valence-electron chi connectivity index (χ3n) is 4.69. The van der Waals surface area contributed by atoms with Gasteiger partial charge in [0.1, 0.15) is 11.1 Å². The Morgan fingerprint density at radius 2 is 1.83 bits per heavy atom. The Kier molecular flexibility index (Phi) is 5.04. The van der Waals surface area contributed by atoms with Crippen molar-refractivity contribution in [2.24, 2.45) is 11.8 Å². The predicted molar refractivity (Wildman–Crippen MR) is 92.7 cm³/mol. The Bertz CT molecular complexity index is 609. The zero-order valence-corrected chi connectivity index (χ0v) is 15.4. The van der Waals surface area contributed by atoms with Crippen LogP contribution in [-0.2, 0) is 20.9 Å². The van der Waals surface area contributed by atoms with Gasteiger partial charge in [0.15, 0.2) is 0 Å². The third-order valence-corrected chi connectivity index (χ3v) is 4.69. The lowest BCUT2D eigenvalue weighted by molar-refractivity contribution is -0.178. The van der Waals surface area contributed by atoms with E-state index in [-0.39, 0.29) is 23.7 Å². The van der Waals surface area contributed by atoms with Crippen LogP contribution < -0.4 is 5.43 Å². The van der Waals surface area contributed by atoms with Crippen LogP contribution in [0.2, 0.25) is 0 Å². The van der Waals surface area contributed by atoms with Crippen molar-refractivity contribution in [2.75, 3.05) is 0 Å². The van der Waals surface area contributed by atoms with Crippen molar-refractivity contribution in [3.05, 3.63) is 35.9 Å². The van der Waals surface area contributed by atoms with Gasteiger partial charge in [0.2, 0.25) is 5.91 Å². The number of carbonyl (C=O) groups excluding carboxylic acids is 2. The molecule has 0 radical (unpaired) electrons. The molecule has 2 rings (SSSR count). The summed E-state index contributed by atoms with van der Waals surface area (Å²) in [4.78, 5) is 25.4. The summed E-state index contributed by atoms with van der Waals surface area (Å²) in [5, 5.41) is 1.55. The zero-order valence-electron chi connectivity index (χ0n) is 15.4. The van der Waals surface area contributed by atoms with Crippen LogP contribution in [0.25, 0.3) is 0 Å². The van der Waals surface area contributed by atoms with Crippen LogP contribution in [0.1, 0.15) is 47.1 Å². The van der Waals surface area contributed by atoms with Crippen molar-refractivity contribution < 1.29 is 14.3 Å². The van der Waals surface area contributed by atoms with E-state index >= 15 is 0 Å². The van der Waals surface area contributed by atoms with E-state index in [4.69, 9.17) is 4.74 Å². The van der Waals surface area contributed by atoms with Gasteiger partial charge in [-0.25, -0.2) is 10.2 Å². The Hall–Kier alpha value is -1.88. The van der Waals surface area contributed by atoms with E-state index in [1.54, 1.807) is 5.01 Å². The standard InChI is InChI=1S/C19H28N2O3/c1-13-14(2)19(6,17(23)24-18(3,4)5)20-21(16(13)22)12-15-10-8-7-9-11-15/h7-11,13-14,20H,12H2,1-6H3/t13-,14+,19-/m1/s1. The Labute approximate surface area is 144 Å². The molecule has 1 aliphatic heterocycles. The molecule has 0 spiro atoms. The number of rotatable bonds is 3. The summed E-state index contributed by atoms with van der Waals surface area (Å²) < 4.78 is 5.59. The van der Waals surface area contributed by atoms with E-state index in [9.17, 15) is 9.59 Å². The molecule has 0 bridgehead atoms. The highest BCUT2D eigenvalue weighted by Crippen LogP contribution is 2.33. The molecule has 0 saturated carbocycles. The van der Waals surface area contributed by atoms with E-state index in [1.165, 1.54) is 0 Å². The number of hydrogen-bond donors (Lipinski definition) is 1. The SMILES string of the molecule is C[C@H]1C(=O)N(Cc2ccccc2)N[C@@](C)(C(=O)OC(C)(C)C)[C@H]1C. The van der Waals surface area contributed by atoms with Crippen LogP contribution in [0.4, 0.5) is 0 Å². The Morgan fingerprint density at radius 3 is 2.38 bits per heavy atom. The van der Waals surface area contributed by atoms with Crippen LogP contribution in [0, 0.1) is 11.8 Å². The van der Waals surface area contributed by atoms with Crippen molar-refractivity contribution in [1.29, 1.82) is 0 Å². The van der Waals surface area contributed by atoms with Gasteiger partial charge in [-0.3, -0.25) is 9.80 Å². The molecule has 5 nitrogen and oxygen atoms in total. The number of esters is 1. The van der Waals surface area contributed by atoms with Gasteiger partial charge in [-0.05, 0) is 39.2 Å². The summed E-state index contributed by atoms with van der Waals surface area (Å²) >= 11 is 0. The summed E-state index contributed by atoms with van der Waals surface area (Å²) in [5.74, 6) is -0.786. The lowest BCUT2D eigenvalue weighted by atomic mass is 9.76. The summed E-state index contributed by atoms with van der Waals surface area (Å²) in [6, 6.07) is 9.72. The molecule has 1 amide bonds. The number of hydrazine groups is 1. The minimum absolute atomic E-state index is 0.00705. The number of ether oxygens (including phenoxy) is 1. The van der Waals surface area contributed by atoms with Crippen molar-refractivity contribution in [3.63, 3.8) is 0 Å². The highest BCUT2D eigenvalue weighted by atomic mass is 16.6. The first-order chi connectivity index (χ1) is 11.0. The minimum Gasteiger partial charge on any atom is -0.459 e. The van der Waals surface area contributed by atoms with Gasteiger partial charge in [-0.2, -0.15) is 0 Å². The predicted octanol–water partition coefficient (Wildman–Crippen LogP) is 2.91. The largest absolute Gasteiger partial charge is 0.459 e. The van der Waals surface area contributed by atoms with E-state index in [1.807, 2.05) is 71.9 Å². The third kappa shape index (κ3) is 3.78. The second-order valence-electron chi connectivity index (χ2n) is 7.80. The van der Waals surface area contributed by atoms with Crippen molar-refractivity contribution in [1.82, 2.24) is 10.4 Å². The highest BCUT2D eigenvalue weighted by molar-refractivity contribution is 5.87. The van der Waals surface area contributed by atoms with Gasteiger partial charge in [0.05, 0.1) is 6.54 Å². The molecule has 1 saturated heterocycles. The molecule has 24 heavy (non-hydrogen) atoms. The maximum Gasteiger partial charge on any atom is 0.328 e.